The quantitative estimate of drug-likeness (QED) is 0.613. The Morgan fingerprint density at radius 2 is 2.00 bits per heavy atom. The average Bonchev–Trinajstić information content (AvgIpc) is 3.18. The summed E-state index contributed by atoms with van der Waals surface area (Å²) in [6.07, 6.45) is 4.22. The van der Waals surface area contributed by atoms with Gasteiger partial charge in [0.2, 0.25) is 11.8 Å². The number of hydrogen-bond acceptors (Lipinski definition) is 4. The fourth-order valence-corrected chi connectivity index (χ4v) is 4.84. The highest BCUT2D eigenvalue weighted by Gasteiger charge is 2.25. The Kier molecular flexibility index (Phi) is 7.39. The van der Waals surface area contributed by atoms with Crippen LogP contribution < -0.4 is 5.32 Å². The molecule has 2 heterocycles. The third-order valence-electron chi connectivity index (χ3n) is 5.14. The Balaban J connectivity index is 1.55. The van der Waals surface area contributed by atoms with Gasteiger partial charge in [-0.3, -0.25) is 14.4 Å². The molecule has 1 aliphatic rings. The van der Waals surface area contributed by atoms with E-state index in [2.05, 4.69) is 5.32 Å². The second kappa shape index (κ2) is 9.81. The van der Waals surface area contributed by atoms with E-state index in [1.54, 1.807) is 17.9 Å². The van der Waals surface area contributed by atoms with Gasteiger partial charge in [-0.1, -0.05) is 30.1 Å². The van der Waals surface area contributed by atoms with E-state index in [1.807, 2.05) is 17.5 Å². The number of hydrogen-bond donors (Lipinski definition) is 2. The highest BCUT2D eigenvalue weighted by atomic mass is 35.5. The lowest BCUT2D eigenvalue weighted by atomic mass is 10.0. The predicted molar refractivity (Wildman–Crippen MR) is 120 cm³/mol. The van der Waals surface area contributed by atoms with Gasteiger partial charge in [-0.15, -0.1) is 11.3 Å². The lowest BCUT2D eigenvalue weighted by molar-refractivity contribution is -0.141. The van der Waals surface area contributed by atoms with Crippen LogP contribution in [0.5, 0.6) is 0 Å². The van der Waals surface area contributed by atoms with Crippen molar-refractivity contribution >= 4 is 68.5 Å². The number of amides is 2. The zero-order valence-corrected chi connectivity index (χ0v) is 18.7. The van der Waals surface area contributed by atoms with Crippen LogP contribution in [0.2, 0.25) is 10.0 Å². The number of halogens is 2. The first-order chi connectivity index (χ1) is 14.3. The number of benzene rings is 1. The van der Waals surface area contributed by atoms with E-state index in [9.17, 15) is 14.4 Å². The zero-order chi connectivity index (χ0) is 21.8. The van der Waals surface area contributed by atoms with Crippen LogP contribution in [0.25, 0.3) is 16.2 Å². The molecule has 0 saturated carbocycles. The number of likely N-dealkylation sites (tertiary alicyclic amines) is 1. The predicted octanol–water partition coefficient (Wildman–Crippen LogP) is 4.44. The summed E-state index contributed by atoms with van der Waals surface area (Å²) in [5, 5.41) is 15.5. The molecular formula is C21H22Cl2N2O4S. The van der Waals surface area contributed by atoms with E-state index in [-0.39, 0.29) is 24.3 Å². The van der Waals surface area contributed by atoms with Gasteiger partial charge in [-0.05, 0) is 47.4 Å². The van der Waals surface area contributed by atoms with Crippen molar-refractivity contribution in [2.24, 2.45) is 5.92 Å². The molecule has 2 aromatic rings. The van der Waals surface area contributed by atoms with Gasteiger partial charge in [0.25, 0.3) is 0 Å². The molecule has 2 amide bonds. The Morgan fingerprint density at radius 3 is 2.67 bits per heavy atom. The SMILES string of the molecule is C[C@@H](CC(=O)O)C(=O)NC1CCN(C(=O)C=Cc2cc3ccsc3c(Cl)c2Cl)CC1. The van der Waals surface area contributed by atoms with Gasteiger partial charge < -0.3 is 15.3 Å². The maximum atomic E-state index is 12.6. The summed E-state index contributed by atoms with van der Waals surface area (Å²) in [5.74, 6) is -1.97. The van der Waals surface area contributed by atoms with Gasteiger partial charge in [0, 0.05) is 31.1 Å². The molecule has 0 aliphatic carbocycles. The Morgan fingerprint density at radius 1 is 1.30 bits per heavy atom. The molecule has 0 bridgehead atoms. The van der Waals surface area contributed by atoms with Crippen LogP contribution in [-0.2, 0) is 14.4 Å². The molecule has 6 nitrogen and oxygen atoms in total. The fourth-order valence-electron chi connectivity index (χ4n) is 3.40. The minimum atomic E-state index is -0.996. The summed E-state index contributed by atoms with van der Waals surface area (Å²) in [6.45, 7) is 2.62. The second-order valence-corrected chi connectivity index (χ2v) is 9.05. The number of carbonyl (C=O) groups is 3. The smallest absolute Gasteiger partial charge is 0.304 e. The molecule has 30 heavy (non-hydrogen) atoms. The molecule has 1 fully saturated rings. The minimum absolute atomic E-state index is 0.0592. The Labute approximate surface area is 188 Å². The van der Waals surface area contributed by atoms with E-state index in [4.69, 9.17) is 28.3 Å². The van der Waals surface area contributed by atoms with Crippen LogP contribution in [0.4, 0.5) is 0 Å². The highest BCUT2D eigenvalue weighted by molar-refractivity contribution is 7.18. The number of aliphatic carboxylic acids is 1. The van der Waals surface area contributed by atoms with Crippen molar-refractivity contribution in [2.45, 2.75) is 32.2 Å². The summed E-state index contributed by atoms with van der Waals surface area (Å²) < 4.78 is 0.923. The molecule has 1 saturated heterocycles. The Bertz CT molecular complexity index is 996. The van der Waals surface area contributed by atoms with Crippen molar-refractivity contribution in [3.8, 4) is 0 Å². The summed E-state index contributed by atoms with van der Waals surface area (Å²) in [6, 6.07) is 3.80. The van der Waals surface area contributed by atoms with Crippen LogP contribution in [-0.4, -0.2) is 46.9 Å². The fraction of sp³-hybridized carbons (Fsp3) is 0.381. The van der Waals surface area contributed by atoms with Crippen LogP contribution >= 0.6 is 34.5 Å². The van der Waals surface area contributed by atoms with Gasteiger partial charge in [0.1, 0.15) is 0 Å². The molecule has 1 aromatic carbocycles. The van der Waals surface area contributed by atoms with Gasteiger partial charge in [0.05, 0.1) is 21.2 Å². The first-order valence-corrected chi connectivity index (χ1v) is 11.2. The number of rotatable bonds is 6. The van der Waals surface area contributed by atoms with Crippen LogP contribution in [0.15, 0.2) is 23.6 Å². The molecule has 160 valence electrons. The van der Waals surface area contributed by atoms with Gasteiger partial charge in [-0.2, -0.15) is 0 Å². The van der Waals surface area contributed by atoms with Gasteiger partial charge in [0.15, 0.2) is 0 Å². The summed E-state index contributed by atoms with van der Waals surface area (Å²) in [7, 11) is 0. The largest absolute Gasteiger partial charge is 0.481 e. The van der Waals surface area contributed by atoms with Crippen LogP contribution in [0.1, 0.15) is 31.7 Å². The third kappa shape index (κ3) is 5.33. The van der Waals surface area contributed by atoms with Crippen molar-refractivity contribution in [3.05, 3.63) is 39.2 Å². The molecule has 2 N–H and O–H groups in total. The summed E-state index contributed by atoms with van der Waals surface area (Å²) in [4.78, 5) is 37.1. The number of nitrogens with zero attached hydrogens (tertiary/aromatic N) is 1. The normalized spacial score (nSPS) is 16.2. The van der Waals surface area contributed by atoms with E-state index in [0.717, 1.165) is 10.1 Å². The van der Waals surface area contributed by atoms with Crippen molar-refractivity contribution < 1.29 is 19.5 Å². The maximum absolute atomic E-state index is 12.6. The molecule has 0 unspecified atom stereocenters. The van der Waals surface area contributed by atoms with Gasteiger partial charge >= 0.3 is 5.97 Å². The van der Waals surface area contributed by atoms with Crippen LogP contribution in [0, 0.1) is 5.92 Å². The molecule has 3 rings (SSSR count). The van der Waals surface area contributed by atoms with Crippen molar-refractivity contribution in [2.75, 3.05) is 13.1 Å². The standard InChI is InChI=1S/C21H22Cl2N2O4S/c1-12(10-17(27)28)21(29)24-15-4-7-25(8-5-15)16(26)3-2-13-11-14-6-9-30-20(14)19(23)18(13)22/h2-3,6,9,11-12,15H,4-5,7-8,10H2,1H3,(H,24,29)(H,27,28)/t12-/m0/s1. The number of carboxylic acid groups (broad SMARTS) is 1. The maximum Gasteiger partial charge on any atom is 0.304 e. The van der Waals surface area contributed by atoms with E-state index >= 15 is 0 Å². The first kappa shape index (κ1) is 22.6. The molecular weight excluding hydrogens is 447 g/mol. The second-order valence-electron chi connectivity index (χ2n) is 7.37. The van der Waals surface area contributed by atoms with E-state index < -0.39 is 11.9 Å². The van der Waals surface area contributed by atoms with Crippen molar-refractivity contribution in [3.63, 3.8) is 0 Å². The Hall–Kier alpha value is -2.09. The van der Waals surface area contributed by atoms with Crippen LogP contribution in [0.3, 0.4) is 0 Å². The number of fused-ring (bicyclic) bond motifs is 1. The monoisotopic (exact) mass is 468 g/mol. The number of carbonyl (C=O) groups excluding carboxylic acids is 2. The molecule has 9 heteroatoms. The first-order valence-electron chi connectivity index (χ1n) is 9.60. The minimum Gasteiger partial charge on any atom is -0.481 e. The van der Waals surface area contributed by atoms with Gasteiger partial charge in [-0.25, -0.2) is 0 Å². The van der Waals surface area contributed by atoms with Crippen molar-refractivity contribution in [1.29, 1.82) is 0 Å². The molecule has 1 aliphatic heterocycles. The number of nitrogens with one attached hydrogen (secondary N) is 1. The topological polar surface area (TPSA) is 86.7 Å². The molecule has 1 aromatic heterocycles. The van der Waals surface area contributed by atoms with Crippen molar-refractivity contribution in [1.82, 2.24) is 10.2 Å². The molecule has 1 atom stereocenters. The van der Waals surface area contributed by atoms with E-state index in [0.29, 0.717) is 41.5 Å². The average molecular weight is 469 g/mol. The number of piperidine rings is 1. The third-order valence-corrected chi connectivity index (χ3v) is 7.08. The lowest BCUT2D eigenvalue weighted by Gasteiger charge is -2.32. The number of thiophene rings is 1. The number of carboxylic acids is 1. The zero-order valence-electron chi connectivity index (χ0n) is 16.4. The summed E-state index contributed by atoms with van der Waals surface area (Å²) >= 11 is 14.2. The molecule has 0 spiro atoms. The summed E-state index contributed by atoms with van der Waals surface area (Å²) in [5.41, 5.74) is 0.690. The molecule has 0 radical (unpaired) electrons. The van der Waals surface area contributed by atoms with E-state index in [1.165, 1.54) is 17.4 Å². The highest BCUT2D eigenvalue weighted by Crippen LogP contribution is 2.37. The lowest BCUT2D eigenvalue weighted by Crippen LogP contribution is -2.47.